The van der Waals surface area contributed by atoms with Gasteiger partial charge in [0, 0.05) is 46.3 Å². The van der Waals surface area contributed by atoms with Crippen LogP contribution in [0.2, 0.25) is 0 Å². The van der Waals surface area contributed by atoms with Crippen LogP contribution in [-0.4, -0.2) is 19.9 Å². The molecule has 39 heavy (non-hydrogen) atoms. The molecule has 202 valence electrons. The van der Waals surface area contributed by atoms with Crippen LogP contribution >= 0.6 is 19.3 Å². The van der Waals surface area contributed by atoms with Gasteiger partial charge in [0.15, 0.2) is 0 Å². The van der Waals surface area contributed by atoms with Gasteiger partial charge in [-0.2, -0.15) is 0 Å². The van der Waals surface area contributed by atoms with Crippen molar-refractivity contribution in [3.8, 4) is 0 Å². The number of rotatable bonds is 0. The van der Waals surface area contributed by atoms with E-state index in [1.807, 2.05) is 24.8 Å². The quantitative estimate of drug-likeness (QED) is 0.146. The fraction of sp³-hybridized carbons (Fsp3) is 0.250. The number of benzene rings is 2. The van der Waals surface area contributed by atoms with Crippen molar-refractivity contribution in [3.63, 3.8) is 0 Å². The van der Waals surface area contributed by atoms with E-state index >= 15 is 0 Å². The minimum absolute atomic E-state index is 0.639. The predicted molar refractivity (Wildman–Crippen MR) is 164 cm³/mol. The topological polar surface area (TPSA) is 51.6 Å². The molecular weight excluding hydrogens is 702 g/mol. The van der Waals surface area contributed by atoms with Gasteiger partial charge in [-0.05, 0) is 99.9 Å². The van der Waals surface area contributed by atoms with Crippen LogP contribution in [0.3, 0.4) is 0 Å². The SMILES string of the molecule is Cc1cnc2c(ccc3c(C)c(C)cnc32)c1C.Cc1cnc2c(ccc3c(C)c(C)cnc32)c1C.[Cl][Os][Cl]. The maximum absolute atomic E-state index is 4.90. The molecule has 0 N–H and O–H groups in total. The number of hydrogen-bond acceptors (Lipinski definition) is 4. The molecule has 0 aliphatic carbocycles. The van der Waals surface area contributed by atoms with Crippen LogP contribution in [0.1, 0.15) is 44.5 Å². The molecule has 0 spiro atoms. The Morgan fingerprint density at radius 2 is 0.590 bits per heavy atom. The van der Waals surface area contributed by atoms with Crippen LogP contribution in [0.25, 0.3) is 43.6 Å². The van der Waals surface area contributed by atoms with E-state index in [0.29, 0.717) is 0 Å². The normalized spacial score (nSPS) is 11.0. The third-order valence-electron chi connectivity index (χ3n) is 7.83. The Morgan fingerprint density at radius 1 is 0.410 bits per heavy atom. The van der Waals surface area contributed by atoms with Crippen molar-refractivity contribution >= 4 is 62.9 Å². The van der Waals surface area contributed by atoms with E-state index in [0.717, 1.165) is 22.1 Å². The Hall–Kier alpha value is -2.70. The van der Waals surface area contributed by atoms with Crippen molar-refractivity contribution in [1.29, 1.82) is 0 Å². The van der Waals surface area contributed by atoms with Gasteiger partial charge in [-0.25, -0.2) is 0 Å². The van der Waals surface area contributed by atoms with E-state index in [4.69, 9.17) is 19.3 Å². The van der Waals surface area contributed by atoms with Crippen LogP contribution in [-0.2, 0) is 15.4 Å². The van der Waals surface area contributed by atoms with Gasteiger partial charge in [-0.1, -0.05) is 24.3 Å². The molecule has 0 aliphatic heterocycles. The molecule has 4 nitrogen and oxygen atoms in total. The Labute approximate surface area is 246 Å². The summed E-state index contributed by atoms with van der Waals surface area (Å²) < 4.78 is 0. The second-order valence-corrected chi connectivity index (χ2v) is 13.7. The fourth-order valence-electron chi connectivity index (χ4n) is 4.77. The van der Waals surface area contributed by atoms with Gasteiger partial charge in [0.1, 0.15) is 0 Å². The zero-order valence-corrected chi connectivity index (χ0v) is 27.6. The van der Waals surface area contributed by atoms with Gasteiger partial charge in [0.05, 0.1) is 22.1 Å². The van der Waals surface area contributed by atoms with Crippen molar-refractivity contribution in [1.82, 2.24) is 19.9 Å². The zero-order valence-electron chi connectivity index (χ0n) is 23.5. The van der Waals surface area contributed by atoms with Gasteiger partial charge in [0.2, 0.25) is 0 Å². The molecule has 0 radical (unpaired) electrons. The number of nitrogens with zero attached hydrogens (tertiary/aromatic N) is 4. The number of pyridine rings is 4. The first-order chi connectivity index (χ1) is 18.6. The summed E-state index contributed by atoms with van der Waals surface area (Å²) in [4.78, 5) is 18.3. The number of fused-ring (bicyclic) bond motifs is 6. The van der Waals surface area contributed by atoms with Gasteiger partial charge >= 0.3 is 34.7 Å². The predicted octanol–water partition coefficient (Wildman–Crippen LogP) is 9.41. The minimum atomic E-state index is -0.639. The van der Waals surface area contributed by atoms with E-state index in [1.165, 1.54) is 66.1 Å². The van der Waals surface area contributed by atoms with Crippen LogP contribution in [0.4, 0.5) is 0 Å². The summed E-state index contributed by atoms with van der Waals surface area (Å²) in [5.74, 6) is 0. The van der Waals surface area contributed by atoms with E-state index in [1.54, 1.807) is 0 Å². The molecule has 6 rings (SSSR count). The fourth-order valence-corrected chi connectivity index (χ4v) is 4.77. The van der Waals surface area contributed by atoms with Crippen molar-refractivity contribution < 1.29 is 15.4 Å². The molecule has 0 unspecified atom stereocenters. The number of hydrogen-bond donors (Lipinski definition) is 0. The third kappa shape index (κ3) is 5.64. The van der Waals surface area contributed by atoms with Crippen LogP contribution in [0.5, 0.6) is 0 Å². The molecule has 0 fully saturated rings. The van der Waals surface area contributed by atoms with Gasteiger partial charge in [-0.15, -0.1) is 0 Å². The van der Waals surface area contributed by atoms with E-state index in [-0.39, 0.29) is 0 Å². The van der Waals surface area contributed by atoms with Gasteiger partial charge < -0.3 is 0 Å². The van der Waals surface area contributed by atoms with Gasteiger partial charge in [0.25, 0.3) is 0 Å². The monoisotopic (exact) mass is 734 g/mol. The molecular formula is C32H32Cl2N4Os. The van der Waals surface area contributed by atoms with Crippen LogP contribution in [0.15, 0.2) is 49.1 Å². The third-order valence-corrected chi connectivity index (χ3v) is 7.83. The number of aromatic nitrogens is 4. The average molecular weight is 734 g/mol. The first-order valence-electron chi connectivity index (χ1n) is 12.7. The Bertz CT molecular complexity index is 1580. The van der Waals surface area contributed by atoms with Crippen molar-refractivity contribution in [3.05, 3.63) is 93.6 Å². The summed E-state index contributed by atoms with van der Waals surface area (Å²) >= 11 is -0.639. The van der Waals surface area contributed by atoms with Crippen molar-refractivity contribution in [2.24, 2.45) is 0 Å². The van der Waals surface area contributed by atoms with E-state index < -0.39 is 15.4 Å². The second-order valence-electron chi connectivity index (χ2n) is 10.0. The number of halogens is 2. The molecule has 0 atom stereocenters. The Morgan fingerprint density at radius 3 is 0.769 bits per heavy atom. The molecule has 4 aromatic heterocycles. The zero-order chi connectivity index (χ0) is 28.4. The summed E-state index contributed by atoms with van der Waals surface area (Å²) in [6.07, 6.45) is 7.75. The molecule has 7 heteroatoms. The summed E-state index contributed by atoms with van der Waals surface area (Å²) in [7, 11) is 9.81. The van der Waals surface area contributed by atoms with Crippen LogP contribution < -0.4 is 0 Å². The first kappa shape index (κ1) is 29.3. The van der Waals surface area contributed by atoms with Gasteiger partial charge in [-0.3, -0.25) is 19.9 Å². The summed E-state index contributed by atoms with van der Waals surface area (Å²) in [5, 5.41) is 4.83. The number of aryl methyl sites for hydroxylation is 8. The molecule has 0 bridgehead atoms. The molecule has 0 saturated carbocycles. The first-order valence-corrected chi connectivity index (χ1v) is 19.0. The van der Waals surface area contributed by atoms with Crippen molar-refractivity contribution in [2.75, 3.05) is 0 Å². The van der Waals surface area contributed by atoms with E-state index in [2.05, 4.69) is 99.6 Å². The Balaban J connectivity index is 0.000000165. The summed E-state index contributed by atoms with van der Waals surface area (Å²) in [6.45, 7) is 17.0. The maximum atomic E-state index is 4.90. The molecule has 4 heterocycles. The van der Waals surface area contributed by atoms with E-state index in [9.17, 15) is 0 Å². The molecule has 0 amide bonds. The summed E-state index contributed by atoms with van der Waals surface area (Å²) in [6, 6.07) is 8.67. The second kappa shape index (κ2) is 12.2. The molecule has 2 aromatic carbocycles. The average Bonchev–Trinajstić information content (AvgIpc) is 2.93. The molecule has 0 aliphatic rings. The molecule has 6 aromatic rings. The standard InChI is InChI=1S/2C16H16N2.2ClH.Os/c2*1-9-7-17-15-13(11(9)3)5-6-14-12(4)10(2)8-18-16(14)15;;;/h2*5-8H,1-4H3;2*1H;/q;;;;+2/p-2. The van der Waals surface area contributed by atoms with Crippen molar-refractivity contribution in [2.45, 2.75) is 55.4 Å². The van der Waals surface area contributed by atoms with Crippen LogP contribution in [0, 0.1) is 55.4 Å². The summed E-state index contributed by atoms with van der Waals surface area (Å²) in [5.41, 5.74) is 14.1. The Kier molecular flexibility index (Phi) is 9.17. The molecule has 0 saturated heterocycles.